The molecule has 1 saturated heterocycles. The molecule has 1 aliphatic heterocycles. The first kappa shape index (κ1) is 25.4. The van der Waals surface area contributed by atoms with E-state index in [4.69, 9.17) is 10.5 Å². The largest absolute Gasteiger partial charge is 0.507 e. The number of piperidine rings is 1. The fourth-order valence-corrected chi connectivity index (χ4v) is 4.43. The highest BCUT2D eigenvalue weighted by Gasteiger charge is 2.28. The van der Waals surface area contributed by atoms with Gasteiger partial charge >= 0.3 is 6.09 Å². The lowest BCUT2D eigenvalue weighted by molar-refractivity contribution is 0.0205. The molecule has 1 aromatic carbocycles. The van der Waals surface area contributed by atoms with Crippen molar-refractivity contribution in [1.82, 2.24) is 20.1 Å². The first-order valence-electron chi connectivity index (χ1n) is 12.4. The van der Waals surface area contributed by atoms with Crippen molar-refractivity contribution in [3.05, 3.63) is 53.7 Å². The van der Waals surface area contributed by atoms with Gasteiger partial charge in [-0.15, -0.1) is 10.2 Å². The van der Waals surface area contributed by atoms with E-state index >= 15 is 0 Å². The molecule has 0 saturated carbocycles. The molecule has 1 aliphatic rings. The third-order valence-corrected chi connectivity index (χ3v) is 6.46. The van der Waals surface area contributed by atoms with E-state index in [2.05, 4.69) is 29.0 Å². The third-order valence-electron chi connectivity index (χ3n) is 6.46. The highest BCUT2D eigenvalue weighted by atomic mass is 16.6. The number of carbonyl (C=O) groups is 1. The quantitative estimate of drug-likeness (QED) is 0.481. The maximum atomic E-state index is 12.4. The fourth-order valence-electron chi connectivity index (χ4n) is 4.43. The summed E-state index contributed by atoms with van der Waals surface area (Å²) in [7, 11) is 0. The minimum atomic E-state index is -0.502. The lowest BCUT2D eigenvalue weighted by Crippen LogP contribution is -2.41. The predicted octanol–water partition coefficient (Wildman–Crippen LogP) is 5.73. The van der Waals surface area contributed by atoms with Crippen molar-refractivity contribution in [3.63, 3.8) is 0 Å². The molecule has 2 aromatic heterocycles. The summed E-state index contributed by atoms with van der Waals surface area (Å²) in [5.74, 6) is 1.03. The second-order valence-electron chi connectivity index (χ2n) is 10.7. The summed E-state index contributed by atoms with van der Waals surface area (Å²) < 4.78 is 5.52. The number of likely N-dealkylation sites (tertiary alicyclic amines) is 1. The van der Waals surface area contributed by atoms with Crippen LogP contribution in [-0.2, 0) is 4.74 Å². The predicted molar refractivity (Wildman–Crippen MR) is 141 cm³/mol. The van der Waals surface area contributed by atoms with E-state index < -0.39 is 5.60 Å². The average molecular weight is 490 g/mol. The Bertz CT molecular complexity index is 1240. The number of phenols is 1. The van der Waals surface area contributed by atoms with E-state index in [1.807, 2.05) is 51.1 Å². The number of carbonyl (C=O) groups excluding carboxylic acids is 1. The van der Waals surface area contributed by atoms with Gasteiger partial charge in [-0.05, 0) is 86.9 Å². The van der Waals surface area contributed by atoms with Crippen molar-refractivity contribution >= 4 is 11.9 Å². The highest BCUT2D eigenvalue weighted by Crippen LogP contribution is 2.35. The van der Waals surface area contributed by atoms with E-state index in [1.54, 1.807) is 17.2 Å². The van der Waals surface area contributed by atoms with Gasteiger partial charge < -0.3 is 20.5 Å². The number of hydrogen-bond donors (Lipinski definition) is 2. The van der Waals surface area contributed by atoms with Gasteiger partial charge in [0.2, 0.25) is 0 Å². The molecule has 8 heteroatoms. The van der Waals surface area contributed by atoms with Crippen molar-refractivity contribution in [1.29, 1.82) is 0 Å². The van der Waals surface area contributed by atoms with Gasteiger partial charge in [-0.25, -0.2) is 4.79 Å². The molecule has 0 spiro atoms. The molecule has 4 rings (SSSR count). The molecular formula is C28H35N5O3. The molecule has 8 nitrogen and oxygen atoms in total. The molecule has 3 N–H and O–H groups in total. The molecule has 0 bridgehead atoms. The molecule has 36 heavy (non-hydrogen) atoms. The molecule has 0 aliphatic carbocycles. The van der Waals surface area contributed by atoms with E-state index in [1.165, 1.54) is 0 Å². The number of pyridine rings is 1. The van der Waals surface area contributed by atoms with Crippen LogP contribution in [0.3, 0.4) is 0 Å². The van der Waals surface area contributed by atoms with Gasteiger partial charge in [-0.1, -0.05) is 19.9 Å². The van der Waals surface area contributed by atoms with Crippen LogP contribution < -0.4 is 5.73 Å². The zero-order valence-corrected chi connectivity index (χ0v) is 21.7. The van der Waals surface area contributed by atoms with Gasteiger partial charge in [-0.2, -0.15) is 0 Å². The van der Waals surface area contributed by atoms with Crippen LogP contribution in [-0.4, -0.2) is 50.0 Å². The number of rotatable bonds is 4. The number of benzene rings is 1. The van der Waals surface area contributed by atoms with Crippen LogP contribution in [0.4, 0.5) is 10.6 Å². The second-order valence-corrected chi connectivity index (χ2v) is 10.7. The Hall–Kier alpha value is -3.68. The Labute approximate surface area is 212 Å². The Kier molecular flexibility index (Phi) is 7.15. The SMILES string of the molecule is CC(C)c1ccc(O)c(-c2cc(-c3cc(C4CCN(C(=O)OC(C)(C)C)CC4)ccn3)c(N)nn2)c1. The summed E-state index contributed by atoms with van der Waals surface area (Å²) in [5.41, 5.74) is 10.5. The number of nitrogens with zero attached hydrogens (tertiary/aromatic N) is 4. The number of aromatic hydroxyl groups is 1. The van der Waals surface area contributed by atoms with E-state index in [-0.39, 0.29) is 17.7 Å². The van der Waals surface area contributed by atoms with Gasteiger partial charge in [0.25, 0.3) is 0 Å². The number of phenolic OH excluding ortho intramolecular Hbond substituents is 1. The molecule has 0 radical (unpaired) electrons. The Morgan fingerprint density at radius 2 is 1.78 bits per heavy atom. The Morgan fingerprint density at radius 1 is 1.06 bits per heavy atom. The lowest BCUT2D eigenvalue weighted by Gasteiger charge is -2.33. The van der Waals surface area contributed by atoms with Crippen LogP contribution in [0, 0.1) is 0 Å². The van der Waals surface area contributed by atoms with Gasteiger partial charge in [0.05, 0.1) is 11.4 Å². The summed E-state index contributed by atoms with van der Waals surface area (Å²) in [6.45, 7) is 11.1. The Morgan fingerprint density at radius 3 is 2.44 bits per heavy atom. The van der Waals surface area contributed by atoms with Crippen molar-refractivity contribution in [3.8, 4) is 28.3 Å². The van der Waals surface area contributed by atoms with E-state index in [0.29, 0.717) is 47.4 Å². The molecule has 0 unspecified atom stereocenters. The summed E-state index contributed by atoms with van der Waals surface area (Å²) in [6, 6.07) is 11.4. The van der Waals surface area contributed by atoms with Crippen LogP contribution in [0.5, 0.6) is 5.75 Å². The van der Waals surface area contributed by atoms with Gasteiger partial charge in [0, 0.05) is 30.4 Å². The van der Waals surface area contributed by atoms with Gasteiger partial charge in [0.1, 0.15) is 11.4 Å². The molecular weight excluding hydrogens is 454 g/mol. The van der Waals surface area contributed by atoms with Crippen LogP contribution >= 0.6 is 0 Å². The van der Waals surface area contributed by atoms with Crippen LogP contribution in [0.1, 0.15) is 70.4 Å². The minimum Gasteiger partial charge on any atom is -0.507 e. The van der Waals surface area contributed by atoms with E-state index in [9.17, 15) is 9.90 Å². The maximum Gasteiger partial charge on any atom is 0.410 e. The van der Waals surface area contributed by atoms with Crippen molar-refractivity contribution < 1.29 is 14.6 Å². The standard InChI is InChI=1S/C28H35N5O3/c1-17(2)19-6-7-25(34)21(14-19)24-16-22(26(29)32-31-24)23-15-20(8-11-30-23)18-9-12-33(13-10-18)27(35)36-28(3,4)5/h6-8,11,14-18,34H,9-10,12-13H2,1-5H3,(H2,29,32). The average Bonchev–Trinajstić information content (AvgIpc) is 2.84. The highest BCUT2D eigenvalue weighted by molar-refractivity contribution is 5.77. The number of hydrogen-bond acceptors (Lipinski definition) is 7. The fraction of sp³-hybridized carbons (Fsp3) is 0.429. The first-order chi connectivity index (χ1) is 17.0. The summed E-state index contributed by atoms with van der Waals surface area (Å²) in [6.07, 6.45) is 3.20. The summed E-state index contributed by atoms with van der Waals surface area (Å²) in [5, 5.41) is 18.9. The van der Waals surface area contributed by atoms with Crippen molar-refractivity contribution in [2.45, 2.75) is 64.9 Å². The Balaban J connectivity index is 1.56. The number of amides is 1. The number of nitrogen functional groups attached to an aromatic ring is 1. The summed E-state index contributed by atoms with van der Waals surface area (Å²) >= 11 is 0. The van der Waals surface area contributed by atoms with Gasteiger partial charge in [0.15, 0.2) is 5.82 Å². The maximum absolute atomic E-state index is 12.4. The topological polar surface area (TPSA) is 114 Å². The number of ether oxygens (including phenoxy) is 1. The first-order valence-corrected chi connectivity index (χ1v) is 12.4. The molecule has 1 amide bonds. The molecule has 190 valence electrons. The van der Waals surface area contributed by atoms with Crippen molar-refractivity contribution in [2.24, 2.45) is 0 Å². The number of aromatic nitrogens is 3. The third kappa shape index (κ3) is 5.75. The van der Waals surface area contributed by atoms with Crippen LogP contribution in [0.2, 0.25) is 0 Å². The number of nitrogens with two attached hydrogens (primary N) is 1. The van der Waals surface area contributed by atoms with Gasteiger partial charge in [-0.3, -0.25) is 4.98 Å². The normalized spacial score (nSPS) is 14.8. The second kappa shape index (κ2) is 10.1. The van der Waals surface area contributed by atoms with Crippen LogP contribution in [0.25, 0.3) is 22.5 Å². The minimum absolute atomic E-state index is 0.142. The monoisotopic (exact) mass is 489 g/mol. The molecule has 3 heterocycles. The zero-order chi connectivity index (χ0) is 26.0. The number of anilines is 1. The van der Waals surface area contributed by atoms with E-state index in [0.717, 1.165) is 24.0 Å². The molecule has 0 atom stereocenters. The zero-order valence-electron chi connectivity index (χ0n) is 21.7. The molecule has 1 fully saturated rings. The summed E-state index contributed by atoms with van der Waals surface area (Å²) in [4.78, 5) is 18.7. The molecule has 3 aromatic rings. The van der Waals surface area contributed by atoms with Crippen LogP contribution in [0.15, 0.2) is 42.6 Å². The smallest absolute Gasteiger partial charge is 0.410 e. The van der Waals surface area contributed by atoms with Crippen molar-refractivity contribution in [2.75, 3.05) is 18.8 Å². The lowest BCUT2D eigenvalue weighted by atomic mass is 9.89.